The number of nitrogens with zero attached hydrogens (tertiary/aromatic N) is 3. The highest BCUT2D eigenvalue weighted by atomic mass is 32.1. The van der Waals surface area contributed by atoms with E-state index in [1.165, 1.54) is 29.7 Å². The van der Waals surface area contributed by atoms with Gasteiger partial charge in [0, 0.05) is 36.5 Å². The van der Waals surface area contributed by atoms with E-state index in [-0.39, 0.29) is 17.0 Å². The van der Waals surface area contributed by atoms with Gasteiger partial charge in [-0.15, -0.1) is 11.3 Å². The summed E-state index contributed by atoms with van der Waals surface area (Å²) in [4.78, 5) is 34.7. The van der Waals surface area contributed by atoms with E-state index in [0.29, 0.717) is 25.4 Å². The molecule has 0 saturated carbocycles. The number of fused-ring (bicyclic) bond motifs is 3. The Morgan fingerprint density at radius 3 is 2.90 bits per heavy atom. The lowest BCUT2D eigenvalue weighted by Crippen LogP contribution is -2.54. The van der Waals surface area contributed by atoms with Crippen molar-refractivity contribution in [3.05, 3.63) is 27.1 Å². The molecule has 0 spiro atoms. The summed E-state index contributed by atoms with van der Waals surface area (Å²) in [6.07, 6.45) is 8.79. The van der Waals surface area contributed by atoms with Gasteiger partial charge >= 0.3 is 0 Å². The molecule has 164 valence electrons. The number of rotatable bonds is 6. The molecular weight excluding hydrogens is 396 g/mol. The Morgan fingerprint density at radius 1 is 1.30 bits per heavy atom. The molecule has 0 aromatic carbocycles. The molecule has 2 aromatic heterocycles. The Morgan fingerprint density at radius 2 is 2.10 bits per heavy atom. The highest BCUT2D eigenvalue weighted by Gasteiger charge is 2.30. The Hall–Kier alpha value is -1.73. The van der Waals surface area contributed by atoms with Crippen molar-refractivity contribution in [2.75, 3.05) is 19.6 Å². The SMILES string of the molecule is CC1CCCN(C(C)(C)CNC(=O)CCn2cnc3sc4c(c3c2=O)CCCC4)C1. The average Bonchev–Trinajstić information content (AvgIpc) is 3.11. The molecule has 1 N–H and O–H groups in total. The van der Waals surface area contributed by atoms with Gasteiger partial charge in [0.2, 0.25) is 5.91 Å². The van der Waals surface area contributed by atoms with Gasteiger partial charge in [0.05, 0.1) is 11.7 Å². The smallest absolute Gasteiger partial charge is 0.262 e. The van der Waals surface area contributed by atoms with Gasteiger partial charge in [-0.2, -0.15) is 0 Å². The monoisotopic (exact) mass is 430 g/mol. The number of carbonyl (C=O) groups is 1. The van der Waals surface area contributed by atoms with E-state index < -0.39 is 0 Å². The lowest BCUT2D eigenvalue weighted by molar-refractivity contribution is -0.122. The highest BCUT2D eigenvalue weighted by molar-refractivity contribution is 7.18. The Balaban J connectivity index is 1.36. The first kappa shape index (κ1) is 21.5. The topological polar surface area (TPSA) is 67.2 Å². The number of hydrogen-bond acceptors (Lipinski definition) is 5. The van der Waals surface area contributed by atoms with Crippen molar-refractivity contribution in [1.82, 2.24) is 19.8 Å². The molecule has 1 saturated heterocycles. The fraction of sp³-hybridized carbons (Fsp3) is 0.696. The van der Waals surface area contributed by atoms with Crippen LogP contribution in [0.1, 0.15) is 63.3 Å². The number of likely N-dealkylation sites (tertiary alicyclic amines) is 1. The quantitative estimate of drug-likeness (QED) is 0.763. The minimum atomic E-state index is -0.0582. The van der Waals surface area contributed by atoms with Crippen LogP contribution in [-0.2, 0) is 24.2 Å². The normalized spacial score (nSPS) is 20.3. The Labute approximate surface area is 182 Å². The van der Waals surface area contributed by atoms with E-state index in [1.54, 1.807) is 22.2 Å². The minimum Gasteiger partial charge on any atom is -0.354 e. The molecule has 1 aliphatic heterocycles. The summed E-state index contributed by atoms with van der Waals surface area (Å²) in [5, 5.41) is 3.88. The third-order valence-electron chi connectivity index (χ3n) is 6.75. The first-order valence-electron chi connectivity index (χ1n) is 11.4. The number of nitrogens with one attached hydrogen (secondary N) is 1. The summed E-state index contributed by atoms with van der Waals surface area (Å²) in [6, 6.07) is 0. The lowest BCUT2D eigenvalue weighted by atomic mass is 9.93. The van der Waals surface area contributed by atoms with E-state index in [9.17, 15) is 9.59 Å². The molecule has 0 bridgehead atoms. The highest BCUT2D eigenvalue weighted by Crippen LogP contribution is 2.33. The summed E-state index contributed by atoms with van der Waals surface area (Å²) in [6.45, 7) is 9.89. The van der Waals surface area contributed by atoms with Gasteiger partial charge in [-0.05, 0) is 70.4 Å². The molecule has 1 aliphatic carbocycles. The summed E-state index contributed by atoms with van der Waals surface area (Å²) in [7, 11) is 0. The van der Waals surface area contributed by atoms with Crippen LogP contribution in [0.3, 0.4) is 0 Å². The number of amides is 1. The van der Waals surface area contributed by atoms with E-state index in [1.807, 2.05) is 0 Å². The molecule has 1 unspecified atom stereocenters. The van der Waals surface area contributed by atoms with Crippen molar-refractivity contribution in [2.45, 2.75) is 77.8 Å². The molecular formula is C23H34N4O2S. The van der Waals surface area contributed by atoms with Crippen molar-refractivity contribution in [1.29, 1.82) is 0 Å². The summed E-state index contributed by atoms with van der Waals surface area (Å²) < 4.78 is 1.61. The zero-order valence-electron chi connectivity index (χ0n) is 18.5. The third kappa shape index (κ3) is 4.47. The van der Waals surface area contributed by atoms with E-state index in [4.69, 9.17) is 0 Å². The standard InChI is InChI=1S/C23H34N4O2S/c1-16-7-6-11-27(13-16)23(2,3)14-24-19(28)10-12-26-15-25-21-20(22(26)29)17-8-4-5-9-18(17)30-21/h15-16H,4-14H2,1-3H3,(H,24,28). The fourth-order valence-corrected chi connectivity index (χ4v) is 6.04. The van der Waals surface area contributed by atoms with Gasteiger partial charge in [-0.1, -0.05) is 6.92 Å². The predicted molar refractivity (Wildman–Crippen MR) is 122 cm³/mol. The fourth-order valence-electron chi connectivity index (χ4n) is 4.82. The molecule has 30 heavy (non-hydrogen) atoms. The maximum Gasteiger partial charge on any atom is 0.262 e. The van der Waals surface area contributed by atoms with Crippen LogP contribution >= 0.6 is 11.3 Å². The summed E-state index contributed by atoms with van der Waals surface area (Å²) >= 11 is 1.66. The number of hydrogen-bond donors (Lipinski definition) is 1. The van der Waals surface area contributed by atoms with Crippen LogP contribution in [0.5, 0.6) is 0 Å². The van der Waals surface area contributed by atoms with Crippen LogP contribution in [-0.4, -0.2) is 45.5 Å². The molecule has 7 heteroatoms. The van der Waals surface area contributed by atoms with Gasteiger partial charge in [0.15, 0.2) is 0 Å². The van der Waals surface area contributed by atoms with Crippen molar-refractivity contribution < 1.29 is 4.79 Å². The maximum absolute atomic E-state index is 13.0. The van der Waals surface area contributed by atoms with Gasteiger partial charge in [-0.3, -0.25) is 19.1 Å². The maximum atomic E-state index is 13.0. The summed E-state index contributed by atoms with van der Waals surface area (Å²) in [5.41, 5.74) is 1.15. The number of carbonyl (C=O) groups excluding carboxylic acids is 1. The second-order valence-corrected chi connectivity index (χ2v) is 10.8. The zero-order valence-corrected chi connectivity index (χ0v) is 19.3. The van der Waals surface area contributed by atoms with Crippen molar-refractivity contribution >= 4 is 27.5 Å². The van der Waals surface area contributed by atoms with Crippen molar-refractivity contribution in [3.8, 4) is 0 Å². The number of piperidine rings is 1. The molecule has 1 amide bonds. The van der Waals surface area contributed by atoms with Crippen LogP contribution in [0, 0.1) is 5.92 Å². The number of aryl methyl sites for hydroxylation is 3. The molecule has 3 heterocycles. The average molecular weight is 431 g/mol. The van der Waals surface area contributed by atoms with Gasteiger partial charge in [-0.25, -0.2) is 4.98 Å². The molecule has 4 rings (SSSR count). The zero-order chi connectivity index (χ0) is 21.3. The van der Waals surface area contributed by atoms with E-state index >= 15 is 0 Å². The molecule has 1 fully saturated rings. The first-order chi connectivity index (χ1) is 14.3. The molecule has 2 aliphatic rings. The molecule has 1 atom stereocenters. The van der Waals surface area contributed by atoms with E-state index in [2.05, 4.69) is 36.0 Å². The van der Waals surface area contributed by atoms with E-state index in [0.717, 1.165) is 42.6 Å². The largest absolute Gasteiger partial charge is 0.354 e. The summed E-state index contributed by atoms with van der Waals surface area (Å²) in [5.74, 6) is 0.707. The Bertz CT molecular complexity index is 977. The van der Waals surface area contributed by atoms with Gasteiger partial charge in [0.25, 0.3) is 5.56 Å². The Kier molecular flexibility index (Phi) is 6.30. The lowest BCUT2D eigenvalue weighted by Gasteiger charge is -2.43. The minimum absolute atomic E-state index is 0.00697. The van der Waals surface area contributed by atoms with Crippen LogP contribution in [0.2, 0.25) is 0 Å². The molecule has 6 nitrogen and oxygen atoms in total. The number of aromatic nitrogens is 2. The van der Waals surface area contributed by atoms with Crippen LogP contribution in [0.15, 0.2) is 11.1 Å². The van der Waals surface area contributed by atoms with Crippen molar-refractivity contribution in [2.24, 2.45) is 5.92 Å². The van der Waals surface area contributed by atoms with Crippen LogP contribution in [0.4, 0.5) is 0 Å². The van der Waals surface area contributed by atoms with Gasteiger partial charge in [0.1, 0.15) is 4.83 Å². The molecule has 2 aromatic rings. The number of thiophene rings is 1. The second-order valence-electron chi connectivity index (χ2n) is 9.67. The van der Waals surface area contributed by atoms with Crippen molar-refractivity contribution in [3.63, 3.8) is 0 Å². The first-order valence-corrected chi connectivity index (χ1v) is 12.2. The van der Waals surface area contributed by atoms with Gasteiger partial charge < -0.3 is 5.32 Å². The molecule has 0 radical (unpaired) electrons. The second kappa shape index (κ2) is 8.79. The van der Waals surface area contributed by atoms with Crippen LogP contribution in [0.25, 0.3) is 10.2 Å². The predicted octanol–water partition coefficient (Wildman–Crippen LogP) is 3.35. The third-order valence-corrected chi connectivity index (χ3v) is 7.95. The van der Waals surface area contributed by atoms with Crippen LogP contribution < -0.4 is 10.9 Å².